The predicted octanol–water partition coefficient (Wildman–Crippen LogP) is 3.48. The lowest BCUT2D eigenvalue weighted by molar-refractivity contribution is -0.131. The quantitative estimate of drug-likeness (QED) is 0.588. The van der Waals surface area contributed by atoms with Gasteiger partial charge in [0.1, 0.15) is 5.69 Å². The molecular formula is C21H26ClN5O2. The zero-order chi connectivity index (χ0) is 20.8. The van der Waals surface area contributed by atoms with Crippen LogP contribution in [0.2, 0.25) is 5.15 Å². The summed E-state index contributed by atoms with van der Waals surface area (Å²) < 4.78 is 1.61. The molecule has 2 amide bonds. The molecule has 1 atom stereocenters. The van der Waals surface area contributed by atoms with Crippen molar-refractivity contribution in [3.05, 3.63) is 48.5 Å². The van der Waals surface area contributed by atoms with Crippen LogP contribution < -0.4 is 4.90 Å². The molecule has 29 heavy (non-hydrogen) atoms. The Kier molecular flexibility index (Phi) is 7.04. The van der Waals surface area contributed by atoms with Gasteiger partial charge >= 0.3 is 0 Å². The molecule has 1 aliphatic rings. The summed E-state index contributed by atoms with van der Waals surface area (Å²) in [5.74, 6) is 0.116. The molecule has 1 unspecified atom stereocenters. The molecule has 154 valence electrons. The van der Waals surface area contributed by atoms with Crippen LogP contribution in [0.1, 0.15) is 32.6 Å². The molecule has 2 aromatic rings. The van der Waals surface area contributed by atoms with Crippen molar-refractivity contribution in [2.24, 2.45) is 5.92 Å². The maximum absolute atomic E-state index is 12.9. The number of nitrogens with zero attached hydrogens (tertiary/aromatic N) is 5. The zero-order valence-electron chi connectivity index (χ0n) is 16.6. The highest BCUT2D eigenvalue weighted by Crippen LogP contribution is 2.27. The van der Waals surface area contributed by atoms with E-state index in [-0.39, 0.29) is 29.3 Å². The van der Waals surface area contributed by atoms with E-state index in [2.05, 4.69) is 16.7 Å². The van der Waals surface area contributed by atoms with E-state index in [0.717, 1.165) is 24.9 Å². The van der Waals surface area contributed by atoms with Crippen LogP contribution in [0.25, 0.3) is 5.69 Å². The second kappa shape index (κ2) is 9.69. The van der Waals surface area contributed by atoms with Gasteiger partial charge in [0.2, 0.25) is 11.8 Å². The number of likely N-dealkylation sites (tertiary alicyclic amines) is 1. The normalized spacial score (nSPS) is 16.3. The standard InChI is InChI=1S/C21H26ClN5O2/c1-3-5-7-16-9-12-25(21(16)29)13-10-19(28)26(4-2)18-15-27(24-20(18)22)17-8-6-11-23-14-17/h3,6,8,11,14-16H,1,4-5,7,9-10,12-13H2,2H3. The molecule has 0 spiro atoms. The summed E-state index contributed by atoms with van der Waals surface area (Å²) in [4.78, 5) is 32.8. The summed E-state index contributed by atoms with van der Waals surface area (Å²) in [6.45, 7) is 7.20. The molecule has 2 aromatic heterocycles. The Morgan fingerprint density at radius 1 is 1.48 bits per heavy atom. The SMILES string of the molecule is C=CCCC1CCN(CCC(=O)N(CC)c2cn(-c3cccnc3)nc2Cl)C1=O. The van der Waals surface area contributed by atoms with E-state index in [9.17, 15) is 9.59 Å². The van der Waals surface area contributed by atoms with Gasteiger partial charge in [-0.15, -0.1) is 6.58 Å². The lowest BCUT2D eigenvalue weighted by Gasteiger charge is -2.22. The van der Waals surface area contributed by atoms with Crippen molar-refractivity contribution in [1.29, 1.82) is 0 Å². The molecule has 0 N–H and O–H groups in total. The van der Waals surface area contributed by atoms with Crippen LogP contribution in [-0.2, 0) is 9.59 Å². The van der Waals surface area contributed by atoms with Crippen LogP contribution in [-0.4, -0.2) is 51.1 Å². The van der Waals surface area contributed by atoms with Gasteiger partial charge in [0, 0.05) is 38.2 Å². The number of aromatic nitrogens is 3. The van der Waals surface area contributed by atoms with Crippen LogP contribution in [0.15, 0.2) is 43.4 Å². The van der Waals surface area contributed by atoms with E-state index in [0.29, 0.717) is 25.3 Å². The smallest absolute Gasteiger partial charge is 0.228 e. The van der Waals surface area contributed by atoms with Crippen molar-refractivity contribution in [2.75, 3.05) is 24.5 Å². The van der Waals surface area contributed by atoms with Crippen LogP contribution >= 0.6 is 11.6 Å². The third-order valence-electron chi connectivity index (χ3n) is 5.19. The van der Waals surface area contributed by atoms with Gasteiger partial charge in [-0.2, -0.15) is 5.10 Å². The average Bonchev–Trinajstić information content (AvgIpc) is 3.29. The molecule has 3 heterocycles. The highest BCUT2D eigenvalue weighted by Gasteiger charge is 2.31. The monoisotopic (exact) mass is 415 g/mol. The summed E-state index contributed by atoms with van der Waals surface area (Å²) in [7, 11) is 0. The molecule has 0 aliphatic carbocycles. The second-order valence-corrected chi connectivity index (χ2v) is 7.38. The van der Waals surface area contributed by atoms with E-state index < -0.39 is 0 Å². The highest BCUT2D eigenvalue weighted by atomic mass is 35.5. The largest absolute Gasteiger partial charge is 0.342 e. The molecular weight excluding hydrogens is 390 g/mol. The maximum Gasteiger partial charge on any atom is 0.228 e. The number of allylic oxidation sites excluding steroid dienone is 1. The zero-order valence-corrected chi connectivity index (χ0v) is 17.4. The van der Waals surface area contributed by atoms with E-state index in [1.54, 1.807) is 33.1 Å². The van der Waals surface area contributed by atoms with Crippen molar-refractivity contribution < 1.29 is 9.59 Å². The van der Waals surface area contributed by atoms with Gasteiger partial charge < -0.3 is 9.80 Å². The first-order valence-corrected chi connectivity index (χ1v) is 10.3. The predicted molar refractivity (Wildman–Crippen MR) is 113 cm³/mol. The van der Waals surface area contributed by atoms with E-state index in [4.69, 9.17) is 11.6 Å². The number of carbonyl (C=O) groups excluding carboxylic acids is 2. The van der Waals surface area contributed by atoms with Crippen LogP contribution in [0.3, 0.4) is 0 Å². The minimum absolute atomic E-state index is 0.0533. The molecule has 7 nitrogen and oxygen atoms in total. The third-order valence-corrected chi connectivity index (χ3v) is 5.46. The van der Waals surface area contributed by atoms with Crippen molar-refractivity contribution >= 4 is 29.1 Å². The van der Waals surface area contributed by atoms with Gasteiger partial charge in [-0.05, 0) is 38.3 Å². The Bertz CT molecular complexity index is 867. The molecule has 3 rings (SSSR count). The highest BCUT2D eigenvalue weighted by molar-refractivity contribution is 6.32. The summed E-state index contributed by atoms with van der Waals surface area (Å²) in [6.07, 6.45) is 9.69. The van der Waals surface area contributed by atoms with Crippen LogP contribution in [0.4, 0.5) is 5.69 Å². The van der Waals surface area contributed by atoms with Gasteiger partial charge in [0.15, 0.2) is 5.15 Å². The second-order valence-electron chi connectivity index (χ2n) is 7.03. The minimum atomic E-state index is -0.0810. The summed E-state index contributed by atoms with van der Waals surface area (Å²) in [6, 6.07) is 3.67. The van der Waals surface area contributed by atoms with E-state index in [1.165, 1.54) is 0 Å². The van der Waals surface area contributed by atoms with Gasteiger partial charge in [0.05, 0.1) is 18.1 Å². The van der Waals surface area contributed by atoms with Crippen LogP contribution in [0.5, 0.6) is 0 Å². The first-order chi connectivity index (χ1) is 14.0. The van der Waals surface area contributed by atoms with Crippen molar-refractivity contribution in [3.8, 4) is 5.69 Å². The van der Waals surface area contributed by atoms with Gasteiger partial charge in [0.25, 0.3) is 0 Å². The number of halogens is 1. The number of rotatable bonds is 9. The average molecular weight is 416 g/mol. The van der Waals surface area contributed by atoms with Gasteiger partial charge in [-0.25, -0.2) is 4.68 Å². The van der Waals surface area contributed by atoms with E-state index >= 15 is 0 Å². The molecule has 1 saturated heterocycles. The molecule has 0 aromatic carbocycles. The Morgan fingerprint density at radius 3 is 3.00 bits per heavy atom. The van der Waals surface area contributed by atoms with Crippen molar-refractivity contribution in [3.63, 3.8) is 0 Å². The Labute approximate surface area is 176 Å². The number of carbonyl (C=O) groups is 2. The van der Waals surface area contributed by atoms with Crippen LogP contribution in [0, 0.1) is 5.92 Å². The minimum Gasteiger partial charge on any atom is -0.342 e. The maximum atomic E-state index is 12.9. The number of hydrogen-bond donors (Lipinski definition) is 0. The Balaban J connectivity index is 1.63. The Hall–Kier alpha value is -2.67. The summed E-state index contributed by atoms with van der Waals surface area (Å²) >= 11 is 6.31. The first-order valence-electron chi connectivity index (χ1n) is 9.90. The number of pyridine rings is 1. The third kappa shape index (κ3) is 4.85. The number of anilines is 1. The molecule has 0 radical (unpaired) electrons. The fraction of sp³-hybridized carbons (Fsp3) is 0.429. The molecule has 1 fully saturated rings. The Morgan fingerprint density at radius 2 is 2.31 bits per heavy atom. The topological polar surface area (TPSA) is 71.3 Å². The van der Waals surface area contributed by atoms with Gasteiger partial charge in [-0.1, -0.05) is 17.7 Å². The number of amides is 2. The van der Waals surface area contributed by atoms with Crippen molar-refractivity contribution in [2.45, 2.75) is 32.6 Å². The number of hydrogen-bond acceptors (Lipinski definition) is 4. The lowest BCUT2D eigenvalue weighted by Crippen LogP contribution is -2.35. The lowest BCUT2D eigenvalue weighted by atomic mass is 10.0. The summed E-state index contributed by atoms with van der Waals surface area (Å²) in [5.41, 5.74) is 1.32. The van der Waals surface area contributed by atoms with Gasteiger partial charge in [-0.3, -0.25) is 14.6 Å². The van der Waals surface area contributed by atoms with Crippen molar-refractivity contribution in [1.82, 2.24) is 19.7 Å². The molecule has 0 bridgehead atoms. The fourth-order valence-corrected chi connectivity index (χ4v) is 3.84. The molecule has 1 aliphatic heterocycles. The first kappa shape index (κ1) is 21.0. The summed E-state index contributed by atoms with van der Waals surface area (Å²) in [5, 5.41) is 4.55. The van der Waals surface area contributed by atoms with E-state index in [1.807, 2.05) is 25.1 Å². The molecule has 0 saturated carbocycles. The fourth-order valence-electron chi connectivity index (χ4n) is 3.61. The molecule has 8 heteroatoms.